The van der Waals surface area contributed by atoms with Gasteiger partial charge in [-0.2, -0.15) is 5.26 Å². The van der Waals surface area contributed by atoms with Gasteiger partial charge in [-0.3, -0.25) is 9.78 Å². The number of ketones is 1. The maximum Gasteiger partial charge on any atom is 0.159 e. The predicted molar refractivity (Wildman–Crippen MR) is 61.1 cm³/mol. The highest BCUT2D eigenvalue weighted by Crippen LogP contribution is 2.26. The smallest absolute Gasteiger partial charge is 0.159 e. The Hall–Kier alpha value is -1.73. The van der Waals surface area contributed by atoms with Crippen molar-refractivity contribution in [3.05, 3.63) is 30.1 Å². The highest BCUT2D eigenvalue weighted by molar-refractivity contribution is 5.90. The predicted octanol–water partition coefficient (Wildman–Crippen LogP) is 1.68. The molecule has 2 rings (SSSR count). The summed E-state index contributed by atoms with van der Waals surface area (Å²) in [5.74, 6) is -0.928. The van der Waals surface area contributed by atoms with E-state index in [0.29, 0.717) is 18.6 Å². The highest BCUT2D eigenvalue weighted by Gasteiger charge is 2.33. The Balaban J connectivity index is 2.15. The van der Waals surface area contributed by atoms with Crippen LogP contribution in [0, 0.1) is 17.2 Å². The zero-order chi connectivity index (χ0) is 12.3. The van der Waals surface area contributed by atoms with E-state index in [2.05, 4.69) is 11.1 Å². The Kier molecular flexibility index (Phi) is 3.50. The molecule has 0 bridgehead atoms. The van der Waals surface area contributed by atoms with Crippen molar-refractivity contribution < 1.29 is 9.53 Å². The summed E-state index contributed by atoms with van der Waals surface area (Å²) in [6.45, 7) is 2.37. The molecule has 17 heavy (non-hydrogen) atoms. The summed E-state index contributed by atoms with van der Waals surface area (Å²) in [6, 6.07) is 5.56. The van der Waals surface area contributed by atoms with Crippen molar-refractivity contribution in [2.45, 2.75) is 25.4 Å². The van der Waals surface area contributed by atoms with Crippen molar-refractivity contribution in [1.29, 1.82) is 5.26 Å². The number of pyridine rings is 1. The van der Waals surface area contributed by atoms with Crippen LogP contribution in [0.5, 0.6) is 0 Å². The fraction of sp³-hybridized carbons (Fsp3) is 0.462. The van der Waals surface area contributed by atoms with Gasteiger partial charge in [-0.25, -0.2) is 0 Å². The van der Waals surface area contributed by atoms with Crippen LogP contribution in [0.15, 0.2) is 24.5 Å². The molecule has 4 nitrogen and oxygen atoms in total. The highest BCUT2D eigenvalue weighted by atomic mass is 16.5. The summed E-state index contributed by atoms with van der Waals surface area (Å²) in [4.78, 5) is 16.1. The number of aromatic nitrogens is 1. The van der Waals surface area contributed by atoms with Crippen LogP contribution in [-0.2, 0) is 9.53 Å². The molecule has 0 aliphatic carbocycles. The lowest BCUT2D eigenvalue weighted by Crippen LogP contribution is -2.21. The van der Waals surface area contributed by atoms with Gasteiger partial charge in [0.25, 0.3) is 0 Å². The lowest BCUT2D eigenvalue weighted by molar-refractivity contribution is -0.123. The molecule has 2 heterocycles. The molecule has 1 saturated heterocycles. The molecule has 1 aliphatic rings. The molecule has 0 amide bonds. The van der Waals surface area contributed by atoms with Crippen LogP contribution in [0.4, 0.5) is 0 Å². The average Bonchev–Trinajstić information content (AvgIpc) is 2.78. The van der Waals surface area contributed by atoms with Crippen LogP contribution in [-0.4, -0.2) is 23.5 Å². The third-order valence-electron chi connectivity index (χ3n) is 3.03. The van der Waals surface area contributed by atoms with E-state index in [0.717, 1.165) is 0 Å². The average molecular weight is 230 g/mol. The zero-order valence-corrected chi connectivity index (χ0v) is 9.67. The maximum atomic E-state index is 12.2. The molecule has 1 aromatic rings. The molecule has 0 N–H and O–H groups in total. The summed E-state index contributed by atoms with van der Waals surface area (Å²) in [5.41, 5.74) is 0.666. The molecule has 1 aliphatic heterocycles. The van der Waals surface area contributed by atoms with E-state index in [1.807, 2.05) is 6.92 Å². The minimum Gasteiger partial charge on any atom is -0.378 e. The van der Waals surface area contributed by atoms with Crippen molar-refractivity contribution in [2.75, 3.05) is 6.61 Å². The van der Waals surface area contributed by atoms with Crippen molar-refractivity contribution in [1.82, 2.24) is 4.98 Å². The molecule has 3 unspecified atom stereocenters. The second-order valence-corrected chi connectivity index (χ2v) is 4.33. The number of Topliss-reactive ketones (excluding diaryl/α,β-unsaturated/α-hetero) is 1. The normalized spacial score (nSPS) is 25.2. The quantitative estimate of drug-likeness (QED) is 0.792. The molecule has 0 saturated carbocycles. The zero-order valence-electron chi connectivity index (χ0n) is 9.67. The van der Waals surface area contributed by atoms with E-state index in [1.54, 1.807) is 24.5 Å². The summed E-state index contributed by atoms with van der Waals surface area (Å²) in [7, 11) is 0. The van der Waals surface area contributed by atoms with Crippen LogP contribution in [0.2, 0.25) is 0 Å². The van der Waals surface area contributed by atoms with Crippen LogP contribution in [0.1, 0.15) is 24.8 Å². The van der Waals surface area contributed by atoms with E-state index < -0.39 is 5.92 Å². The maximum absolute atomic E-state index is 12.2. The van der Waals surface area contributed by atoms with Crippen molar-refractivity contribution in [2.24, 2.45) is 5.92 Å². The standard InChI is InChI=1S/C13H14N2O2/c1-9-5-11(8-17-9)13(16)12(6-14)10-3-2-4-15-7-10/h2-4,7,9,11-12H,5,8H2,1H3. The second-order valence-electron chi connectivity index (χ2n) is 4.33. The Morgan fingerprint density at radius 3 is 3.06 bits per heavy atom. The molecule has 1 fully saturated rings. The molecule has 88 valence electrons. The van der Waals surface area contributed by atoms with Crippen LogP contribution >= 0.6 is 0 Å². The minimum absolute atomic E-state index is 0.0511. The first-order valence-electron chi connectivity index (χ1n) is 5.67. The first-order valence-corrected chi connectivity index (χ1v) is 5.67. The van der Waals surface area contributed by atoms with Crippen LogP contribution < -0.4 is 0 Å². The van der Waals surface area contributed by atoms with Gasteiger partial charge in [0.05, 0.1) is 18.8 Å². The Morgan fingerprint density at radius 1 is 1.71 bits per heavy atom. The Bertz CT molecular complexity index is 438. The van der Waals surface area contributed by atoms with Crippen molar-refractivity contribution in [3.63, 3.8) is 0 Å². The number of carbonyl (C=O) groups excluding carboxylic acids is 1. The number of nitriles is 1. The van der Waals surface area contributed by atoms with Gasteiger partial charge in [-0.15, -0.1) is 0 Å². The largest absolute Gasteiger partial charge is 0.378 e. The molecule has 3 atom stereocenters. The molecule has 0 radical (unpaired) electrons. The van der Waals surface area contributed by atoms with E-state index in [4.69, 9.17) is 10.00 Å². The Labute approximate surface area is 100 Å². The molecular formula is C13H14N2O2. The monoisotopic (exact) mass is 230 g/mol. The first kappa shape index (κ1) is 11.7. The summed E-state index contributed by atoms with van der Waals surface area (Å²) in [5, 5.41) is 9.14. The number of carbonyl (C=O) groups is 1. The van der Waals surface area contributed by atoms with Gasteiger partial charge in [0.2, 0.25) is 0 Å². The summed E-state index contributed by atoms with van der Waals surface area (Å²) >= 11 is 0. The first-order chi connectivity index (χ1) is 8.22. The van der Waals surface area contributed by atoms with Gasteiger partial charge in [-0.1, -0.05) is 6.07 Å². The van der Waals surface area contributed by atoms with Gasteiger partial charge in [0, 0.05) is 18.3 Å². The Morgan fingerprint density at radius 2 is 2.53 bits per heavy atom. The molecule has 0 aromatic carbocycles. The van der Waals surface area contributed by atoms with Gasteiger partial charge in [0.1, 0.15) is 5.92 Å². The third kappa shape index (κ3) is 2.51. The number of hydrogen-bond acceptors (Lipinski definition) is 4. The van der Waals surface area contributed by atoms with Gasteiger partial charge in [-0.05, 0) is 25.0 Å². The van der Waals surface area contributed by atoms with Crippen LogP contribution in [0.25, 0.3) is 0 Å². The van der Waals surface area contributed by atoms with Crippen molar-refractivity contribution >= 4 is 5.78 Å². The number of ether oxygens (including phenoxy) is 1. The third-order valence-corrected chi connectivity index (χ3v) is 3.03. The summed E-state index contributed by atoms with van der Waals surface area (Å²) < 4.78 is 5.37. The second kappa shape index (κ2) is 5.07. The van der Waals surface area contributed by atoms with E-state index in [-0.39, 0.29) is 17.8 Å². The number of hydrogen-bond donors (Lipinski definition) is 0. The molecule has 1 aromatic heterocycles. The van der Waals surface area contributed by atoms with Gasteiger partial charge in [0.15, 0.2) is 5.78 Å². The molecule has 4 heteroatoms. The number of rotatable bonds is 3. The minimum atomic E-state index is -0.720. The van der Waals surface area contributed by atoms with E-state index >= 15 is 0 Å². The summed E-state index contributed by atoms with van der Waals surface area (Å²) in [6.07, 6.45) is 4.02. The number of nitrogens with zero attached hydrogens (tertiary/aromatic N) is 2. The molecule has 0 spiro atoms. The topological polar surface area (TPSA) is 63.0 Å². The lowest BCUT2D eigenvalue weighted by Gasteiger charge is -2.11. The SMILES string of the molecule is CC1CC(C(=O)C(C#N)c2cccnc2)CO1. The van der Waals surface area contributed by atoms with Gasteiger partial charge >= 0.3 is 0 Å². The van der Waals surface area contributed by atoms with Crippen molar-refractivity contribution in [3.8, 4) is 6.07 Å². The van der Waals surface area contributed by atoms with E-state index in [1.165, 1.54) is 0 Å². The molecular weight excluding hydrogens is 216 g/mol. The van der Waals surface area contributed by atoms with Crippen LogP contribution in [0.3, 0.4) is 0 Å². The van der Waals surface area contributed by atoms with E-state index in [9.17, 15) is 4.79 Å². The fourth-order valence-corrected chi connectivity index (χ4v) is 2.10. The lowest BCUT2D eigenvalue weighted by atomic mass is 9.88. The van der Waals surface area contributed by atoms with Gasteiger partial charge < -0.3 is 4.74 Å². The fourth-order valence-electron chi connectivity index (χ4n) is 2.10.